The molecule has 0 atom stereocenters. The molecule has 0 aliphatic carbocycles. The van der Waals surface area contributed by atoms with Gasteiger partial charge >= 0.3 is 0 Å². The zero-order chi connectivity index (χ0) is 12.7. The number of rotatable bonds is 6. The summed E-state index contributed by atoms with van der Waals surface area (Å²) in [5.41, 5.74) is 1.09. The highest BCUT2D eigenvalue weighted by molar-refractivity contribution is 5.40. The third kappa shape index (κ3) is 3.97. The summed E-state index contributed by atoms with van der Waals surface area (Å²) in [7, 11) is 5.23. The van der Waals surface area contributed by atoms with E-state index in [1.165, 1.54) is 0 Å². The quantitative estimate of drug-likeness (QED) is 0.703. The van der Waals surface area contributed by atoms with Crippen molar-refractivity contribution in [3.63, 3.8) is 0 Å². The van der Waals surface area contributed by atoms with Crippen LogP contribution in [-0.2, 0) is 6.42 Å². The summed E-state index contributed by atoms with van der Waals surface area (Å²) < 4.78 is 10.5. The van der Waals surface area contributed by atoms with Crippen molar-refractivity contribution in [3.8, 4) is 17.6 Å². The topological polar surface area (TPSA) is 45.5 Å². The van der Waals surface area contributed by atoms with Crippen molar-refractivity contribution < 1.29 is 9.47 Å². The molecule has 0 radical (unpaired) electrons. The molecule has 1 aromatic rings. The van der Waals surface area contributed by atoms with E-state index in [0.29, 0.717) is 6.54 Å². The molecule has 0 aliphatic rings. The fourth-order valence-corrected chi connectivity index (χ4v) is 1.59. The third-order valence-corrected chi connectivity index (χ3v) is 2.59. The van der Waals surface area contributed by atoms with Gasteiger partial charge in [-0.3, -0.25) is 4.90 Å². The van der Waals surface area contributed by atoms with Gasteiger partial charge < -0.3 is 9.47 Å². The number of hydrogen-bond donors (Lipinski definition) is 0. The van der Waals surface area contributed by atoms with E-state index >= 15 is 0 Å². The van der Waals surface area contributed by atoms with Gasteiger partial charge in [0.05, 0.1) is 26.8 Å². The molecule has 0 saturated carbocycles. The predicted molar refractivity (Wildman–Crippen MR) is 66.4 cm³/mol. The maximum atomic E-state index is 8.58. The molecule has 0 saturated heterocycles. The molecule has 1 rings (SSSR count). The summed E-state index contributed by atoms with van der Waals surface area (Å²) in [6.45, 7) is 1.25. The molecule has 0 aromatic heterocycles. The Labute approximate surface area is 102 Å². The molecule has 0 N–H and O–H groups in total. The van der Waals surface area contributed by atoms with E-state index in [-0.39, 0.29) is 0 Å². The van der Waals surface area contributed by atoms with Gasteiger partial charge in [0.2, 0.25) is 0 Å². The van der Waals surface area contributed by atoms with Gasteiger partial charge in [-0.1, -0.05) is 0 Å². The van der Waals surface area contributed by atoms with Crippen LogP contribution in [0, 0.1) is 11.3 Å². The van der Waals surface area contributed by atoms with Gasteiger partial charge in [-0.25, -0.2) is 0 Å². The molecule has 17 heavy (non-hydrogen) atoms. The highest BCUT2D eigenvalue weighted by atomic mass is 16.5. The Morgan fingerprint density at radius 1 is 1.29 bits per heavy atom. The Bertz CT molecular complexity index is 399. The van der Waals surface area contributed by atoms with E-state index in [9.17, 15) is 0 Å². The molecule has 0 spiro atoms. The minimum atomic E-state index is 0.437. The van der Waals surface area contributed by atoms with Gasteiger partial charge in [-0.15, -0.1) is 0 Å². The van der Waals surface area contributed by atoms with Crippen molar-refractivity contribution >= 4 is 0 Å². The van der Waals surface area contributed by atoms with E-state index in [4.69, 9.17) is 14.7 Å². The normalized spacial score (nSPS) is 10.1. The molecule has 0 amide bonds. The predicted octanol–water partition coefficient (Wildman–Crippen LogP) is 1.70. The lowest BCUT2D eigenvalue weighted by molar-refractivity contribution is 0.368. The number of ether oxygens (including phenoxy) is 2. The Morgan fingerprint density at radius 2 is 2.06 bits per heavy atom. The maximum absolute atomic E-state index is 8.58. The second kappa shape index (κ2) is 6.77. The largest absolute Gasteiger partial charge is 0.497 e. The summed E-state index contributed by atoms with van der Waals surface area (Å²) in [4.78, 5) is 1.97. The number of hydrogen-bond acceptors (Lipinski definition) is 4. The Hall–Kier alpha value is -1.73. The molecule has 0 bridgehead atoms. The first kappa shape index (κ1) is 13.3. The summed E-state index contributed by atoms with van der Waals surface area (Å²) in [6.07, 6.45) is 0.832. The molecular weight excluding hydrogens is 216 g/mol. The van der Waals surface area contributed by atoms with Crippen LogP contribution < -0.4 is 9.47 Å². The first-order valence-electron chi connectivity index (χ1n) is 5.47. The molecule has 0 heterocycles. The number of benzene rings is 1. The molecule has 4 nitrogen and oxygen atoms in total. The van der Waals surface area contributed by atoms with E-state index < -0.39 is 0 Å². The average molecular weight is 234 g/mol. The van der Waals surface area contributed by atoms with E-state index in [2.05, 4.69) is 6.07 Å². The SMILES string of the molecule is COc1ccc(OC)c(CCN(C)CC#N)c1. The van der Waals surface area contributed by atoms with Crippen molar-refractivity contribution in [2.24, 2.45) is 0 Å². The maximum Gasteiger partial charge on any atom is 0.122 e. The lowest BCUT2D eigenvalue weighted by atomic mass is 10.1. The van der Waals surface area contributed by atoms with Crippen LogP contribution >= 0.6 is 0 Å². The molecule has 4 heteroatoms. The lowest BCUT2D eigenvalue weighted by Gasteiger charge is -2.14. The Morgan fingerprint density at radius 3 is 2.65 bits per heavy atom. The van der Waals surface area contributed by atoms with E-state index in [1.807, 2.05) is 30.1 Å². The van der Waals surface area contributed by atoms with Crippen LogP contribution in [0.15, 0.2) is 18.2 Å². The zero-order valence-corrected chi connectivity index (χ0v) is 10.6. The molecule has 0 aliphatic heterocycles. The summed E-state index contributed by atoms with van der Waals surface area (Å²) in [6, 6.07) is 7.87. The van der Waals surface area contributed by atoms with E-state index in [0.717, 1.165) is 30.0 Å². The van der Waals surface area contributed by atoms with Crippen LogP contribution in [0.4, 0.5) is 0 Å². The number of methoxy groups -OCH3 is 2. The number of nitrogens with zero attached hydrogens (tertiary/aromatic N) is 2. The summed E-state index contributed by atoms with van der Waals surface area (Å²) in [5, 5.41) is 8.58. The van der Waals surface area contributed by atoms with Crippen molar-refractivity contribution in [1.82, 2.24) is 4.90 Å². The number of nitriles is 1. The van der Waals surface area contributed by atoms with Gasteiger partial charge in [0.1, 0.15) is 11.5 Å². The fourth-order valence-electron chi connectivity index (χ4n) is 1.59. The first-order valence-corrected chi connectivity index (χ1v) is 5.47. The first-order chi connectivity index (χ1) is 8.21. The third-order valence-electron chi connectivity index (χ3n) is 2.59. The standard InChI is InChI=1S/C13H18N2O2/c1-15(9-7-14)8-6-11-10-12(16-2)4-5-13(11)17-3/h4-5,10H,6,8-9H2,1-3H3. The second-order valence-corrected chi connectivity index (χ2v) is 3.82. The minimum absolute atomic E-state index is 0.437. The molecule has 0 fully saturated rings. The Kier molecular flexibility index (Phi) is 5.31. The van der Waals surface area contributed by atoms with Gasteiger partial charge in [0.25, 0.3) is 0 Å². The van der Waals surface area contributed by atoms with Crippen LogP contribution in [-0.4, -0.2) is 39.3 Å². The fraction of sp³-hybridized carbons (Fsp3) is 0.462. The van der Waals surface area contributed by atoms with Crippen LogP contribution in [0.3, 0.4) is 0 Å². The molecule has 0 unspecified atom stereocenters. The zero-order valence-electron chi connectivity index (χ0n) is 10.6. The minimum Gasteiger partial charge on any atom is -0.497 e. The van der Waals surface area contributed by atoms with Crippen LogP contribution in [0.2, 0.25) is 0 Å². The van der Waals surface area contributed by atoms with Crippen LogP contribution in [0.1, 0.15) is 5.56 Å². The van der Waals surface area contributed by atoms with Crippen molar-refractivity contribution in [1.29, 1.82) is 5.26 Å². The van der Waals surface area contributed by atoms with Gasteiger partial charge in [0.15, 0.2) is 0 Å². The second-order valence-electron chi connectivity index (χ2n) is 3.82. The lowest BCUT2D eigenvalue weighted by Crippen LogP contribution is -2.21. The van der Waals surface area contributed by atoms with Crippen LogP contribution in [0.5, 0.6) is 11.5 Å². The number of likely N-dealkylation sites (N-methyl/N-ethyl adjacent to an activating group) is 1. The summed E-state index contributed by atoms with van der Waals surface area (Å²) in [5.74, 6) is 1.68. The molecule has 1 aromatic carbocycles. The van der Waals surface area contributed by atoms with E-state index in [1.54, 1.807) is 14.2 Å². The summed E-state index contributed by atoms with van der Waals surface area (Å²) >= 11 is 0. The van der Waals surface area contributed by atoms with Crippen molar-refractivity contribution in [3.05, 3.63) is 23.8 Å². The average Bonchev–Trinajstić information content (AvgIpc) is 2.36. The van der Waals surface area contributed by atoms with Crippen LogP contribution in [0.25, 0.3) is 0 Å². The van der Waals surface area contributed by atoms with Crippen molar-refractivity contribution in [2.45, 2.75) is 6.42 Å². The van der Waals surface area contributed by atoms with Gasteiger partial charge in [-0.05, 0) is 37.2 Å². The highest BCUT2D eigenvalue weighted by Gasteiger charge is 2.06. The van der Waals surface area contributed by atoms with Gasteiger partial charge in [-0.2, -0.15) is 5.26 Å². The molecular formula is C13H18N2O2. The monoisotopic (exact) mass is 234 g/mol. The highest BCUT2D eigenvalue weighted by Crippen LogP contribution is 2.24. The smallest absolute Gasteiger partial charge is 0.122 e. The van der Waals surface area contributed by atoms with Crippen molar-refractivity contribution in [2.75, 3.05) is 34.4 Å². The van der Waals surface area contributed by atoms with Gasteiger partial charge in [0, 0.05) is 6.54 Å². The molecule has 92 valence electrons. The Balaban J connectivity index is 2.71.